The van der Waals surface area contributed by atoms with E-state index in [9.17, 15) is 0 Å². The van der Waals surface area contributed by atoms with Gasteiger partial charge in [0, 0.05) is 58.2 Å². The van der Waals surface area contributed by atoms with Gasteiger partial charge < -0.3 is 20.9 Å². The predicted molar refractivity (Wildman–Crippen MR) is 138 cm³/mol. The summed E-state index contributed by atoms with van der Waals surface area (Å²) in [6, 6.07) is 6.01. The molecule has 1 saturated heterocycles. The molecule has 0 bridgehead atoms. The lowest BCUT2D eigenvalue weighted by Crippen LogP contribution is -2.54. The number of nitrogens with one attached hydrogen (secondary N) is 1. The Morgan fingerprint density at radius 3 is 2.32 bits per heavy atom. The molecule has 1 aromatic heterocycles. The number of halogens is 1. The average molecular weight is 472 g/mol. The zero-order valence-electron chi connectivity index (χ0n) is 21.1. The van der Waals surface area contributed by atoms with Crippen molar-refractivity contribution >= 4 is 29.2 Å². The van der Waals surface area contributed by atoms with Crippen LogP contribution in [0, 0.1) is 5.82 Å². The van der Waals surface area contributed by atoms with Crippen molar-refractivity contribution < 1.29 is 4.39 Å². The summed E-state index contributed by atoms with van der Waals surface area (Å²) in [4.78, 5) is 18.1. The van der Waals surface area contributed by atoms with Crippen molar-refractivity contribution in [2.24, 2.45) is 0 Å². The van der Waals surface area contributed by atoms with Crippen molar-refractivity contribution in [2.45, 2.75) is 63.5 Å². The van der Waals surface area contributed by atoms with Gasteiger partial charge in [0.1, 0.15) is 11.7 Å². The highest BCUT2D eigenvalue weighted by Crippen LogP contribution is 2.39. The number of rotatable bonds is 6. The third kappa shape index (κ3) is 5.25. The number of hydrogen-bond donors (Lipinski definition) is 2. The Bertz CT molecular complexity index is 967. The molecule has 1 unspecified atom stereocenters. The number of aromatic nitrogens is 3. The van der Waals surface area contributed by atoms with Crippen molar-refractivity contribution in [3.05, 3.63) is 24.0 Å². The van der Waals surface area contributed by atoms with Gasteiger partial charge >= 0.3 is 5.95 Å². The van der Waals surface area contributed by atoms with Gasteiger partial charge in [-0.1, -0.05) is 25.7 Å². The van der Waals surface area contributed by atoms with Crippen molar-refractivity contribution in [3.63, 3.8) is 0 Å². The van der Waals surface area contributed by atoms with Crippen LogP contribution in [0.25, 0.3) is 0 Å². The fourth-order valence-corrected chi connectivity index (χ4v) is 5.41. The maximum Gasteiger partial charge on any atom is 0.340 e. The number of benzene rings is 1. The Morgan fingerprint density at radius 2 is 1.71 bits per heavy atom. The van der Waals surface area contributed by atoms with Crippen LogP contribution in [-0.2, 0) is 0 Å². The Kier molecular flexibility index (Phi) is 7.52. The summed E-state index contributed by atoms with van der Waals surface area (Å²) in [7, 11) is 7.93. The summed E-state index contributed by atoms with van der Waals surface area (Å²) in [6.07, 6.45) is 9.13. The number of nitrogen functional groups attached to an aromatic ring is 1. The molecule has 9 heteroatoms. The zero-order chi connectivity index (χ0) is 24.3. The maximum atomic E-state index is 15.1. The number of likely N-dealkylation sites (tertiary alicyclic amines) is 1. The van der Waals surface area contributed by atoms with Gasteiger partial charge in [0.2, 0.25) is 11.9 Å². The normalized spacial score (nSPS) is 20.5. The van der Waals surface area contributed by atoms with E-state index in [4.69, 9.17) is 10.7 Å². The van der Waals surface area contributed by atoms with Crippen LogP contribution in [0.3, 0.4) is 0 Å². The second-order valence-corrected chi connectivity index (χ2v) is 10.3. The SMILES string of the molecule is CN1CCC([N+](C)(c2ccc(N(C)C)c(F)c2)c2nc(N)nc(NC3CCCCCC3)n2)CC1. The Labute approximate surface area is 203 Å². The molecule has 1 aliphatic carbocycles. The van der Waals surface area contributed by atoms with E-state index in [0.717, 1.165) is 44.5 Å². The van der Waals surface area contributed by atoms with E-state index >= 15 is 4.39 Å². The van der Waals surface area contributed by atoms with Crippen molar-refractivity contribution in [2.75, 3.05) is 57.2 Å². The minimum atomic E-state index is -0.251. The second-order valence-electron chi connectivity index (χ2n) is 10.3. The van der Waals surface area contributed by atoms with Crippen LogP contribution >= 0.6 is 0 Å². The standard InChI is InChI=1S/C25H40FN8/c1-32(2)22-12-11-20(17-21(22)26)34(4,19-13-15-33(3)16-14-19)25-30-23(27)29-24(31-25)28-18-9-7-5-6-8-10-18/h11-12,17-19H,5-10,13-16H2,1-4H3,(H3,27,28,29,30,31)/q+1. The molecule has 0 spiro atoms. The van der Waals surface area contributed by atoms with E-state index < -0.39 is 0 Å². The molecule has 34 heavy (non-hydrogen) atoms. The smallest absolute Gasteiger partial charge is 0.340 e. The Balaban J connectivity index is 1.74. The average Bonchev–Trinajstić information content (AvgIpc) is 3.07. The number of anilines is 3. The fraction of sp³-hybridized carbons (Fsp3) is 0.640. The number of quaternary nitrogens is 1. The summed E-state index contributed by atoms with van der Waals surface area (Å²) in [5.74, 6) is 1.04. The molecule has 1 atom stereocenters. The molecule has 2 aliphatic rings. The summed E-state index contributed by atoms with van der Waals surface area (Å²) in [6.45, 7) is 1.95. The minimum absolute atomic E-state index is 0.198. The first-order chi connectivity index (χ1) is 16.3. The van der Waals surface area contributed by atoms with Gasteiger partial charge in [-0.2, -0.15) is 4.98 Å². The summed E-state index contributed by atoms with van der Waals surface area (Å²) in [5.41, 5.74) is 7.60. The fourth-order valence-electron chi connectivity index (χ4n) is 5.41. The quantitative estimate of drug-likeness (QED) is 0.484. The third-order valence-electron chi connectivity index (χ3n) is 7.61. The molecule has 1 aliphatic heterocycles. The van der Waals surface area contributed by atoms with Crippen LogP contribution in [0.4, 0.5) is 33.6 Å². The monoisotopic (exact) mass is 471 g/mol. The third-order valence-corrected chi connectivity index (χ3v) is 7.61. The molecular formula is C25H40FN8+. The van der Waals surface area contributed by atoms with Crippen LogP contribution in [0.5, 0.6) is 0 Å². The Morgan fingerprint density at radius 1 is 1.03 bits per heavy atom. The van der Waals surface area contributed by atoms with Crippen LogP contribution in [0.1, 0.15) is 51.4 Å². The second kappa shape index (κ2) is 10.4. The lowest BCUT2D eigenvalue weighted by atomic mass is 10.00. The van der Waals surface area contributed by atoms with Gasteiger partial charge in [0.15, 0.2) is 5.82 Å². The molecule has 2 heterocycles. The lowest BCUT2D eigenvalue weighted by Gasteiger charge is -2.42. The molecule has 2 fully saturated rings. The van der Waals surface area contributed by atoms with E-state index in [1.165, 1.54) is 25.7 Å². The molecular weight excluding hydrogens is 431 g/mol. The number of nitrogens with two attached hydrogens (primary N) is 1. The number of nitrogens with zero attached hydrogens (tertiary/aromatic N) is 6. The van der Waals surface area contributed by atoms with Gasteiger partial charge in [0.05, 0.1) is 12.7 Å². The topological polar surface area (TPSA) is 83.2 Å². The van der Waals surface area contributed by atoms with Gasteiger partial charge in [-0.25, -0.2) is 8.87 Å². The predicted octanol–water partition coefficient (Wildman–Crippen LogP) is 4.16. The van der Waals surface area contributed by atoms with Gasteiger partial charge in [-0.3, -0.25) is 0 Å². The van der Waals surface area contributed by atoms with Crippen molar-refractivity contribution in [3.8, 4) is 0 Å². The van der Waals surface area contributed by atoms with Crippen LogP contribution in [0.15, 0.2) is 18.2 Å². The zero-order valence-corrected chi connectivity index (χ0v) is 21.1. The molecule has 0 radical (unpaired) electrons. The largest absolute Gasteiger partial charge is 0.375 e. The maximum absolute atomic E-state index is 15.1. The molecule has 2 aromatic rings. The lowest BCUT2D eigenvalue weighted by molar-refractivity contribution is 0.180. The van der Waals surface area contributed by atoms with E-state index in [0.29, 0.717) is 28.1 Å². The van der Waals surface area contributed by atoms with Crippen LogP contribution < -0.4 is 20.4 Å². The van der Waals surface area contributed by atoms with Crippen molar-refractivity contribution in [1.29, 1.82) is 0 Å². The van der Waals surface area contributed by atoms with Gasteiger partial charge in [0.25, 0.3) is 0 Å². The molecule has 1 aromatic carbocycles. The highest BCUT2D eigenvalue weighted by atomic mass is 19.1. The van der Waals surface area contributed by atoms with E-state index in [-0.39, 0.29) is 17.8 Å². The summed E-state index contributed by atoms with van der Waals surface area (Å²) >= 11 is 0. The molecule has 0 amide bonds. The summed E-state index contributed by atoms with van der Waals surface area (Å²) in [5, 5.41) is 3.53. The molecule has 4 rings (SSSR count). The number of piperidine rings is 1. The minimum Gasteiger partial charge on any atom is -0.375 e. The molecule has 1 saturated carbocycles. The van der Waals surface area contributed by atoms with Crippen molar-refractivity contribution in [1.82, 2.24) is 24.3 Å². The first-order valence-electron chi connectivity index (χ1n) is 12.6. The molecule has 8 nitrogen and oxygen atoms in total. The Hall–Kier alpha value is -2.52. The highest BCUT2D eigenvalue weighted by molar-refractivity contribution is 5.60. The van der Waals surface area contributed by atoms with Crippen LogP contribution in [0.2, 0.25) is 0 Å². The summed E-state index contributed by atoms with van der Waals surface area (Å²) < 4.78 is 15.4. The van der Waals surface area contributed by atoms with E-state index in [2.05, 4.69) is 34.3 Å². The highest BCUT2D eigenvalue weighted by Gasteiger charge is 2.43. The van der Waals surface area contributed by atoms with E-state index in [1.54, 1.807) is 11.0 Å². The first kappa shape index (κ1) is 24.6. The van der Waals surface area contributed by atoms with E-state index in [1.807, 2.05) is 26.2 Å². The van der Waals surface area contributed by atoms with Gasteiger partial charge in [-0.05, 0) is 26.0 Å². The first-order valence-corrected chi connectivity index (χ1v) is 12.6. The van der Waals surface area contributed by atoms with Crippen LogP contribution in [-0.4, -0.2) is 73.2 Å². The number of hydrogen-bond acceptors (Lipinski definition) is 7. The molecule has 186 valence electrons. The van der Waals surface area contributed by atoms with Gasteiger partial charge in [-0.15, -0.1) is 9.97 Å². The molecule has 3 N–H and O–H groups in total.